The SMILES string of the molecule is CC(C)[C@@H](N)C(=O)N(C)Cc1ccc(O)cc1. The second-order valence-electron chi connectivity index (χ2n) is 4.63. The Labute approximate surface area is 102 Å². The molecule has 4 nitrogen and oxygen atoms in total. The second-order valence-corrected chi connectivity index (χ2v) is 4.63. The van der Waals surface area contributed by atoms with Gasteiger partial charge in [0.2, 0.25) is 5.91 Å². The number of amides is 1. The van der Waals surface area contributed by atoms with Gasteiger partial charge in [-0.3, -0.25) is 4.79 Å². The van der Waals surface area contributed by atoms with Gasteiger partial charge < -0.3 is 15.7 Å². The van der Waals surface area contributed by atoms with E-state index in [0.717, 1.165) is 5.56 Å². The largest absolute Gasteiger partial charge is 0.508 e. The number of hydrogen-bond acceptors (Lipinski definition) is 3. The number of rotatable bonds is 4. The van der Waals surface area contributed by atoms with Crippen molar-refractivity contribution in [3.05, 3.63) is 29.8 Å². The van der Waals surface area contributed by atoms with Crippen LogP contribution in [0.2, 0.25) is 0 Å². The summed E-state index contributed by atoms with van der Waals surface area (Å²) >= 11 is 0. The first kappa shape index (κ1) is 13.5. The van der Waals surface area contributed by atoms with Gasteiger partial charge >= 0.3 is 0 Å². The molecular formula is C13H20N2O2. The van der Waals surface area contributed by atoms with Gasteiger partial charge in [-0.15, -0.1) is 0 Å². The molecule has 94 valence electrons. The molecule has 0 saturated carbocycles. The van der Waals surface area contributed by atoms with Gasteiger partial charge in [0.05, 0.1) is 6.04 Å². The minimum absolute atomic E-state index is 0.0620. The highest BCUT2D eigenvalue weighted by Crippen LogP contribution is 2.12. The highest BCUT2D eigenvalue weighted by Gasteiger charge is 2.20. The maximum atomic E-state index is 11.9. The van der Waals surface area contributed by atoms with Gasteiger partial charge in [-0.05, 0) is 23.6 Å². The lowest BCUT2D eigenvalue weighted by Crippen LogP contribution is -2.44. The molecule has 0 heterocycles. The van der Waals surface area contributed by atoms with E-state index in [-0.39, 0.29) is 17.6 Å². The molecule has 1 aromatic rings. The quantitative estimate of drug-likeness (QED) is 0.829. The number of carbonyl (C=O) groups excluding carboxylic acids is 1. The van der Waals surface area contributed by atoms with Gasteiger partial charge in [0.25, 0.3) is 0 Å². The smallest absolute Gasteiger partial charge is 0.239 e. The molecule has 0 aliphatic heterocycles. The third-order valence-electron chi connectivity index (χ3n) is 2.74. The molecule has 17 heavy (non-hydrogen) atoms. The van der Waals surface area contributed by atoms with Crippen LogP contribution in [-0.2, 0) is 11.3 Å². The number of nitrogens with zero attached hydrogens (tertiary/aromatic N) is 1. The van der Waals surface area contributed by atoms with Crippen molar-refractivity contribution >= 4 is 5.91 Å². The van der Waals surface area contributed by atoms with Crippen molar-refractivity contribution in [3.8, 4) is 5.75 Å². The van der Waals surface area contributed by atoms with E-state index in [1.54, 1.807) is 36.2 Å². The summed E-state index contributed by atoms with van der Waals surface area (Å²) in [4.78, 5) is 13.5. The average Bonchev–Trinajstić information content (AvgIpc) is 2.30. The Hall–Kier alpha value is -1.55. The van der Waals surface area contributed by atoms with Gasteiger partial charge in [-0.25, -0.2) is 0 Å². The molecule has 0 bridgehead atoms. The fourth-order valence-electron chi connectivity index (χ4n) is 1.49. The number of benzene rings is 1. The van der Waals surface area contributed by atoms with Crippen LogP contribution in [0.5, 0.6) is 5.75 Å². The number of hydrogen-bond donors (Lipinski definition) is 2. The molecule has 1 atom stereocenters. The predicted octanol–water partition coefficient (Wildman–Crippen LogP) is 1.33. The molecule has 0 aliphatic rings. The zero-order valence-electron chi connectivity index (χ0n) is 10.6. The number of likely N-dealkylation sites (N-methyl/N-ethyl adjacent to an activating group) is 1. The van der Waals surface area contributed by atoms with Crippen LogP contribution < -0.4 is 5.73 Å². The Kier molecular flexibility index (Phi) is 4.52. The van der Waals surface area contributed by atoms with Crippen molar-refractivity contribution in [1.82, 2.24) is 4.90 Å². The lowest BCUT2D eigenvalue weighted by atomic mass is 10.0. The van der Waals surface area contributed by atoms with Crippen LogP contribution in [0.1, 0.15) is 19.4 Å². The molecule has 0 saturated heterocycles. The Bertz CT molecular complexity index is 374. The summed E-state index contributed by atoms with van der Waals surface area (Å²) in [5.41, 5.74) is 6.77. The normalized spacial score (nSPS) is 12.5. The molecule has 0 aromatic heterocycles. The first-order valence-corrected chi connectivity index (χ1v) is 5.70. The van der Waals surface area contributed by atoms with Crippen molar-refractivity contribution in [1.29, 1.82) is 0 Å². The number of phenols is 1. The van der Waals surface area contributed by atoms with Crippen LogP contribution >= 0.6 is 0 Å². The van der Waals surface area contributed by atoms with E-state index in [9.17, 15) is 4.79 Å². The van der Waals surface area contributed by atoms with Gasteiger partial charge in [-0.1, -0.05) is 26.0 Å². The highest BCUT2D eigenvalue weighted by molar-refractivity contribution is 5.81. The molecule has 0 aliphatic carbocycles. The summed E-state index contributed by atoms with van der Waals surface area (Å²) in [5, 5.41) is 9.16. The third-order valence-corrected chi connectivity index (χ3v) is 2.74. The maximum absolute atomic E-state index is 11.9. The molecular weight excluding hydrogens is 216 g/mol. The van der Waals surface area contributed by atoms with E-state index in [1.165, 1.54) is 0 Å². The second kappa shape index (κ2) is 5.68. The number of aromatic hydroxyl groups is 1. The van der Waals surface area contributed by atoms with Gasteiger partial charge in [0.15, 0.2) is 0 Å². The topological polar surface area (TPSA) is 66.6 Å². The van der Waals surface area contributed by atoms with Crippen LogP contribution in [0, 0.1) is 5.92 Å². The zero-order chi connectivity index (χ0) is 13.0. The molecule has 0 fully saturated rings. The highest BCUT2D eigenvalue weighted by atomic mass is 16.3. The van der Waals surface area contributed by atoms with Crippen LogP contribution in [-0.4, -0.2) is 29.0 Å². The van der Waals surface area contributed by atoms with Crippen LogP contribution in [0.3, 0.4) is 0 Å². The first-order chi connectivity index (χ1) is 7.91. The molecule has 3 N–H and O–H groups in total. The van der Waals surface area contributed by atoms with E-state index < -0.39 is 6.04 Å². The summed E-state index contributed by atoms with van der Waals surface area (Å²) < 4.78 is 0. The van der Waals surface area contributed by atoms with Gasteiger partial charge in [-0.2, -0.15) is 0 Å². The molecule has 1 rings (SSSR count). The lowest BCUT2D eigenvalue weighted by Gasteiger charge is -2.23. The van der Waals surface area contributed by atoms with E-state index in [4.69, 9.17) is 10.8 Å². The average molecular weight is 236 g/mol. The van der Waals surface area contributed by atoms with E-state index in [2.05, 4.69) is 0 Å². The molecule has 1 aromatic carbocycles. The first-order valence-electron chi connectivity index (χ1n) is 5.70. The van der Waals surface area contributed by atoms with Crippen LogP contribution in [0.15, 0.2) is 24.3 Å². The van der Waals surface area contributed by atoms with Crippen molar-refractivity contribution in [2.24, 2.45) is 11.7 Å². The summed E-state index contributed by atoms with van der Waals surface area (Å²) in [6.45, 7) is 4.35. The molecule has 0 unspecified atom stereocenters. The minimum Gasteiger partial charge on any atom is -0.508 e. The standard InChI is InChI=1S/C13H20N2O2/c1-9(2)12(14)13(17)15(3)8-10-4-6-11(16)7-5-10/h4-7,9,12,16H,8,14H2,1-3H3/t12-/m1/s1. The van der Waals surface area contributed by atoms with Crippen molar-refractivity contribution in [3.63, 3.8) is 0 Å². The Morgan fingerprint density at radius 2 is 1.88 bits per heavy atom. The summed E-state index contributed by atoms with van der Waals surface area (Å²) in [5.74, 6) is 0.291. The Morgan fingerprint density at radius 1 is 1.35 bits per heavy atom. The summed E-state index contributed by atoms with van der Waals surface area (Å²) in [7, 11) is 1.73. The number of phenolic OH excluding ortho intramolecular Hbond substituents is 1. The van der Waals surface area contributed by atoms with Gasteiger partial charge in [0.1, 0.15) is 5.75 Å². The third kappa shape index (κ3) is 3.75. The van der Waals surface area contributed by atoms with E-state index >= 15 is 0 Å². The molecule has 1 amide bonds. The minimum atomic E-state index is -0.461. The fourth-order valence-corrected chi connectivity index (χ4v) is 1.49. The van der Waals surface area contributed by atoms with E-state index in [1.807, 2.05) is 13.8 Å². The Morgan fingerprint density at radius 3 is 2.35 bits per heavy atom. The fraction of sp³-hybridized carbons (Fsp3) is 0.462. The van der Waals surface area contributed by atoms with Crippen LogP contribution in [0.25, 0.3) is 0 Å². The predicted molar refractivity (Wildman–Crippen MR) is 67.4 cm³/mol. The van der Waals surface area contributed by atoms with Crippen molar-refractivity contribution in [2.75, 3.05) is 7.05 Å². The summed E-state index contributed by atoms with van der Waals surface area (Å²) in [6, 6.07) is 6.34. The number of carbonyl (C=O) groups is 1. The monoisotopic (exact) mass is 236 g/mol. The zero-order valence-corrected chi connectivity index (χ0v) is 10.6. The summed E-state index contributed by atoms with van der Waals surface area (Å²) in [6.07, 6.45) is 0. The van der Waals surface area contributed by atoms with Crippen molar-refractivity contribution < 1.29 is 9.90 Å². The lowest BCUT2D eigenvalue weighted by molar-refractivity contribution is -0.132. The van der Waals surface area contributed by atoms with E-state index in [0.29, 0.717) is 6.54 Å². The van der Waals surface area contributed by atoms with Crippen LogP contribution in [0.4, 0.5) is 0 Å². The molecule has 0 radical (unpaired) electrons. The molecule has 4 heteroatoms. The Balaban J connectivity index is 2.63. The number of nitrogens with two attached hydrogens (primary N) is 1. The molecule has 0 spiro atoms. The van der Waals surface area contributed by atoms with Crippen molar-refractivity contribution in [2.45, 2.75) is 26.4 Å². The van der Waals surface area contributed by atoms with Gasteiger partial charge in [0, 0.05) is 13.6 Å². The maximum Gasteiger partial charge on any atom is 0.239 e.